The van der Waals surface area contributed by atoms with Gasteiger partial charge < -0.3 is 9.80 Å². The Morgan fingerprint density at radius 3 is 2.55 bits per heavy atom. The first-order valence-corrected chi connectivity index (χ1v) is 10.4. The summed E-state index contributed by atoms with van der Waals surface area (Å²) in [6.07, 6.45) is 1.56. The van der Waals surface area contributed by atoms with Crippen molar-refractivity contribution in [3.63, 3.8) is 0 Å². The molecule has 1 aliphatic rings. The van der Waals surface area contributed by atoms with Gasteiger partial charge in [-0.2, -0.15) is 0 Å². The van der Waals surface area contributed by atoms with Gasteiger partial charge >= 0.3 is 0 Å². The summed E-state index contributed by atoms with van der Waals surface area (Å²) < 4.78 is 1.80. The summed E-state index contributed by atoms with van der Waals surface area (Å²) in [4.78, 5) is 25.8. The minimum atomic E-state index is 0.0741. The van der Waals surface area contributed by atoms with Crippen LogP contribution in [-0.2, 0) is 6.54 Å². The number of carbonyl (C=O) groups is 1. The normalized spacial score (nSPS) is 14.2. The predicted octanol–water partition coefficient (Wildman–Crippen LogP) is 2.54. The van der Waals surface area contributed by atoms with Gasteiger partial charge in [-0.25, -0.2) is 14.6 Å². The van der Waals surface area contributed by atoms with Gasteiger partial charge in [0.15, 0.2) is 17.0 Å². The SMILES string of the molecule is Cc1cccc(C(=O)N2CCN(c3ncnc4c3nnn4Cc3ccccc3)CC2)c1. The van der Waals surface area contributed by atoms with E-state index in [1.807, 2.05) is 54.3 Å². The van der Waals surface area contributed by atoms with E-state index in [1.165, 1.54) is 0 Å². The van der Waals surface area contributed by atoms with Crippen LogP contribution in [0.1, 0.15) is 21.5 Å². The number of amides is 1. The molecule has 4 aromatic rings. The number of anilines is 1. The maximum Gasteiger partial charge on any atom is 0.253 e. The second kappa shape index (κ2) is 8.14. The van der Waals surface area contributed by atoms with Gasteiger partial charge in [0.05, 0.1) is 6.54 Å². The number of carbonyl (C=O) groups excluding carboxylic acids is 1. The first-order valence-electron chi connectivity index (χ1n) is 10.4. The lowest BCUT2D eigenvalue weighted by Crippen LogP contribution is -2.49. The zero-order chi connectivity index (χ0) is 21.2. The first kappa shape index (κ1) is 19.2. The van der Waals surface area contributed by atoms with Crippen LogP contribution in [0.15, 0.2) is 60.9 Å². The number of piperazine rings is 1. The molecule has 8 heteroatoms. The van der Waals surface area contributed by atoms with E-state index in [4.69, 9.17) is 0 Å². The molecule has 2 aromatic heterocycles. The predicted molar refractivity (Wildman–Crippen MR) is 118 cm³/mol. The summed E-state index contributed by atoms with van der Waals surface area (Å²) in [5.41, 5.74) is 4.37. The fraction of sp³-hybridized carbons (Fsp3) is 0.261. The zero-order valence-electron chi connectivity index (χ0n) is 17.3. The third-order valence-electron chi connectivity index (χ3n) is 5.59. The van der Waals surface area contributed by atoms with E-state index in [0.717, 1.165) is 22.5 Å². The van der Waals surface area contributed by atoms with Crippen molar-refractivity contribution in [3.8, 4) is 0 Å². The third kappa shape index (κ3) is 3.84. The molecule has 0 aliphatic carbocycles. The average molecular weight is 413 g/mol. The zero-order valence-corrected chi connectivity index (χ0v) is 17.3. The maximum atomic E-state index is 12.8. The maximum absolute atomic E-state index is 12.8. The number of hydrogen-bond donors (Lipinski definition) is 0. The molecule has 1 aliphatic heterocycles. The average Bonchev–Trinajstić information content (AvgIpc) is 3.22. The molecule has 0 atom stereocenters. The van der Waals surface area contributed by atoms with Crippen molar-refractivity contribution in [1.29, 1.82) is 0 Å². The van der Waals surface area contributed by atoms with Gasteiger partial charge in [-0.3, -0.25) is 4.79 Å². The van der Waals surface area contributed by atoms with Crippen molar-refractivity contribution < 1.29 is 4.79 Å². The molecule has 5 rings (SSSR count). The molecule has 1 amide bonds. The fourth-order valence-corrected chi connectivity index (χ4v) is 3.96. The highest BCUT2D eigenvalue weighted by atomic mass is 16.2. The highest BCUT2D eigenvalue weighted by Gasteiger charge is 2.25. The smallest absolute Gasteiger partial charge is 0.253 e. The highest BCUT2D eigenvalue weighted by molar-refractivity contribution is 5.94. The second-order valence-corrected chi connectivity index (χ2v) is 7.75. The van der Waals surface area contributed by atoms with Crippen LogP contribution in [-0.4, -0.2) is 61.9 Å². The minimum Gasteiger partial charge on any atom is -0.351 e. The number of fused-ring (bicyclic) bond motifs is 1. The van der Waals surface area contributed by atoms with Gasteiger partial charge in [-0.05, 0) is 24.6 Å². The molecule has 1 fully saturated rings. The Morgan fingerprint density at radius 2 is 1.77 bits per heavy atom. The highest BCUT2D eigenvalue weighted by Crippen LogP contribution is 2.23. The topological polar surface area (TPSA) is 80.0 Å². The Labute approximate surface area is 180 Å². The summed E-state index contributed by atoms with van der Waals surface area (Å²) in [6.45, 7) is 5.25. The molecule has 0 bridgehead atoms. The van der Waals surface area contributed by atoms with E-state index in [0.29, 0.717) is 43.9 Å². The van der Waals surface area contributed by atoms with Crippen molar-refractivity contribution in [2.24, 2.45) is 0 Å². The van der Waals surface area contributed by atoms with Gasteiger partial charge in [0.1, 0.15) is 6.33 Å². The summed E-state index contributed by atoms with van der Waals surface area (Å²) in [5.74, 6) is 0.844. The number of aromatic nitrogens is 5. The summed E-state index contributed by atoms with van der Waals surface area (Å²) in [5, 5.41) is 8.68. The van der Waals surface area contributed by atoms with Gasteiger partial charge in [-0.1, -0.05) is 53.2 Å². The second-order valence-electron chi connectivity index (χ2n) is 7.75. The van der Waals surface area contributed by atoms with Crippen LogP contribution in [0.3, 0.4) is 0 Å². The van der Waals surface area contributed by atoms with E-state index >= 15 is 0 Å². The third-order valence-corrected chi connectivity index (χ3v) is 5.59. The molecule has 31 heavy (non-hydrogen) atoms. The number of aryl methyl sites for hydroxylation is 1. The Kier molecular flexibility index (Phi) is 5.03. The van der Waals surface area contributed by atoms with E-state index < -0.39 is 0 Å². The Bertz CT molecular complexity index is 1210. The Balaban J connectivity index is 1.32. The van der Waals surface area contributed by atoms with Crippen molar-refractivity contribution in [2.45, 2.75) is 13.5 Å². The van der Waals surface area contributed by atoms with E-state index in [1.54, 1.807) is 11.0 Å². The molecule has 0 spiro atoms. The molecule has 0 N–H and O–H groups in total. The standard InChI is InChI=1S/C23H23N7O/c1-17-6-5-9-19(14-17)23(31)29-12-10-28(11-13-29)21-20-22(25-16-24-21)30(27-26-20)15-18-7-3-2-4-8-18/h2-9,14,16H,10-13,15H2,1H3. The van der Waals surface area contributed by atoms with Crippen LogP contribution in [0.25, 0.3) is 11.2 Å². The minimum absolute atomic E-state index is 0.0741. The van der Waals surface area contributed by atoms with Crippen LogP contribution in [0.5, 0.6) is 0 Å². The molecule has 156 valence electrons. The van der Waals surface area contributed by atoms with Gasteiger partial charge in [0.25, 0.3) is 5.91 Å². The van der Waals surface area contributed by atoms with Gasteiger partial charge in [0.2, 0.25) is 0 Å². The Morgan fingerprint density at radius 1 is 0.968 bits per heavy atom. The number of benzene rings is 2. The number of hydrogen-bond acceptors (Lipinski definition) is 6. The molecule has 0 saturated carbocycles. The van der Waals surface area contributed by atoms with Crippen LogP contribution in [0.2, 0.25) is 0 Å². The summed E-state index contributed by atoms with van der Waals surface area (Å²) in [6, 6.07) is 17.9. The van der Waals surface area contributed by atoms with Crippen LogP contribution in [0.4, 0.5) is 5.82 Å². The molecule has 1 saturated heterocycles. The molecule has 0 radical (unpaired) electrons. The number of nitrogens with zero attached hydrogens (tertiary/aromatic N) is 7. The Hall–Kier alpha value is -3.81. The molecule has 2 aromatic carbocycles. The lowest BCUT2D eigenvalue weighted by atomic mass is 10.1. The number of rotatable bonds is 4. The lowest BCUT2D eigenvalue weighted by molar-refractivity contribution is 0.0746. The first-order chi connectivity index (χ1) is 15.2. The van der Waals surface area contributed by atoms with Crippen molar-refractivity contribution in [1.82, 2.24) is 29.9 Å². The largest absolute Gasteiger partial charge is 0.351 e. The molecular weight excluding hydrogens is 390 g/mol. The monoisotopic (exact) mass is 413 g/mol. The van der Waals surface area contributed by atoms with Gasteiger partial charge in [0, 0.05) is 31.7 Å². The van der Waals surface area contributed by atoms with Gasteiger partial charge in [-0.15, -0.1) is 5.10 Å². The fourth-order valence-electron chi connectivity index (χ4n) is 3.96. The van der Waals surface area contributed by atoms with Crippen LogP contribution >= 0.6 is 0 Å². The lowest BCUT2D eigenvalue weighted by Gasteiger charge is -2.35. The van der Waals surface area contributed by atoms with E-state index in [9.17, 15) is 4.79 Å². The quantitative estimate of drug-likeness (QED) is 0.512. The van der Waals surface area contributed by atoms with E-state index in [2.05, 4.69) is 37.3 Å². The van der Waals surface area contributed by atoms with Crippen LogP contribution in [0, 0.1) is 6.92 Å². The molecule has 3 heterocycles. The van der Waals surface area contributed by atoms with Crippen LogP contribution < -0.4 is 4.90 Å². The van der Waals surface area contributed by atoms with Crippen molar-refractivity contribution in [2.75, 3.05) is 31.1 Å². The summed E-state index contributed by atoms with van der Waals surface area (Å²) >= 11 is 0. The summed E-state index contributed by atoms with van der Waals surface area (Å²) in [7, 11) is 0. The molecule has 0 unspecified atom stereocenters. The molecule has 8 nitrogen and oxygen atoms in total. The van der Waals surface area contributed by atoms with Crippen molar-refractivity contribution >= 4 is 22.9 Å². The van der Waals surface area contributed by atoms with E-state index in [-0.39, 0.29) is 5.91 Å². The molecular formula is C23H23N7O. The van der Waals surface area contributed by atoms with Crippen molar-refractivity contribution in [3.05, 3.63) is 77.6 Å².